The molecule has 0 aliphatic heterocycles. The van der Waals surface area contributed by atoms with Gasteiger partial charge < -0.3 is 20.5 Å². The molecule has 0 aromatic heterocycles. The number of benzene rings is 2. The zero-order valence-electron chi connectivity index (χ0n) is 18.8. The Kier molecular flexibility index (Phi) is 6.96. The van der Waals surface area contributed by atoms with Crippen LogP contribution in [0.4, 0.5) is 4.79 Å². The number of carbonyl (C=O) groups is 3. The highest BCUT2D eigenvalue weighted by molar-refractivity contribution is 5.85. The van der Waals surface area contributed by atoms with Gasteiger partial charge in [-0.25, -0.2) is 4.79 Å². The van der Waals surface area contributed by atoms with Gasteiger partial charge in [0.25, 0.3) is 0 Å². The standard InChI is InChI=1S/C26H30N2O5/c1-16(25(31)27-14-18-11-10-17(12-18)13-24(29)30)28-26(32)33-15-23-21-8-4-2-6-19(21)20-7-3-5-9-22(20)23/h2-9,16-18,23H,10-15H2,1H3,(H,27,31)(H,28,32)(H,29,30). The van der Waals surface area contributed by atoms with Crippen LogP contribution < -0.4 is 10.6 Å². The van der Waals surface area contributed by atoms with Crippen LogP contribution in [0.25, 0.3) is 11.1 Å². The number of nitrogens with one attached hydrogen (secondary N) is 2. The maximum atomic E-state index is 12.4. The van der Waals surface area contributed by atoms with Gasteiger partial charge >= 0.3 is 12.1 Å². The zero-order chi connectivity index (χ0) is 23.4. The number of carbonyl (C=O) groups excluding carboxylic acids is 2. The molecule has 0 spiro atoms. The Labute approximate surface area is 193 Å². The van der Waals surface area contributed by atoms with Crippen molar-refractivity contribution in [2.45, 2.75) is 44.6 Å². The van der Waals surface area contributed by atoms with Crippen LogP contribution in [0.15, 0.2) is 48.5 Å². The molecule has 2 aliphatic rings. The summed E-state index contributed by atoms with van der Waals surface area (Å²) in [5, 5.41) is 14.4. The first kappa shape index (κ1) is 22.8. The van der Waals surface area contributed by atoms with E-state index in [1.165, 1.54) is 0 Å². The Balaban J connectivity index is 1.24. The van der Waals surface area contributed by atoms with Crippen LogP contribution in [0.3, 0.4) is 0 Å². The minimum absolute atomic E-state index is 0.0339. The maximum Gasteiger partial charge on any atom is 0.407 e. The molecule has 3 unspecified atom stereocenters. The van der Waals surface area contributed by atoms with Crippen molar-refractivity contribution in [3.8, 4) is 11.1 Å². The average molecular weight is 451 g/mol. The lowest BCUT2D eigenvalue weighted by molar-refractivity contribution is -0.138. The Morgan fingerprint density at radius 1 is 1.00 bits per heavy atom. The van der Waals surface area contributed by atoms with E-state index in [9.17, 15) is 14.4 Å². The van der Waals surface area contributed by atoms with Crippen LogP contribution in [-0.4, -0.2) is 42.3 Å². The normalized spacial score (nSPS) is 19.9. The Morgan fingerprint density at radius 3 is 2.24 bits per heavy atom. The predicted octanol–water partition coefficient (Wildman–Crippen LogP) is 3.92. The van der Waals surface area contributed by atoms with Gasteiger partial charge in [-0.2, -0.15) is 0 Å². The van der Waals surface area contributed by atoms with Crippen molar-refractivity contribution < 1.29 is 24.2 Å². The average Bonchev–Trinajstić information content (AvgIpc) is 3.37. The lowest BCUT2D eigenvalue weighted by Gasteiger charge is -2.18. The quantitative estimate of drug-likeness (QED) is 0.565. The van der Waals surface area contributed by atoms with Crippen LogP contribution in [0.1, 0.15) is 49.7 Å². The van der Waals surface area contributed by atoms with Crippen LogP contribution in [0.2, 0.25) is 0 Å². The number of rotatable bonds is 8. The fourth-order valence-electron chi connectivity index (χ4n) is 5.08. The molecular weight excluding hydrogens is 420 g/mol. The number of alkyl carbamates (subject to hydrolysis) is 1. The van der Waals surface area contributed by atoms with Crippen molar-refractivity contribution >= 4 is 18.0 Å². The summed E-state index contributed by atoms with van der Waals surface area (Å²) >= 11 is 0. The Morgan fingerprint density at radius 2 is 1.61 bits per heavy atom. The summed E-state index contributed by atoms with van der Waals surface area (Å²) in [6, 6.07) is 15.5. The number of ether oxygens (including phenoxy) is 1. The van der Waals surface area contributed by atoms with Crippen LogP contribution in [0, 0.1) is 11.8 Å². The summed E-state index contributed by atoms with van der Waals surface area (Å²) in [7, 11) is 0. The minimum atomic E-state index is -0.773. The zero-order valence-corrected chi connectivity index (χ0v) is 18.8. The highest BCUT2D eigenvalue weighted by atomic mass is 16.5. The molecule has 0 radical (unpaired) electrons. The lowest BCUT2D eigenvalue weighted by atomic mass is 9.98. The van der Waals surface area contributed by atoms with Crippen molar-refractivity contribution in [1.82, 2.24) is 10.6 Å². The summed E-state index contributed by atoms with van der Waals surface area (Å²) in [6.07, 6.45) is 2.15. The molecule has 1 fully saturated rings. The van der Waals surface area contributed by atoms with Gasteiger partial charge in [0, 0.05) is 18.9 Å². The van der Waals surface area contributed by atoms with Gasteiger partial charge in [0.2, 0.25) is 5.91 Å². The third-order valence-corrected chi connectivity index (χ3v) is 6.75. The van der Waals surface area contributed by atoms with Gasteiger partial charge in [-0.05, 0) is 60.3 Å². The van der Waals surface area contributed by atoms with E-state index in [1.807, 2.05) is 24.3 Å². The first-order chi connectivity index (χ1) is 15.9. The number of aliphatic carboxylic acids is 1. The van der Waals surface area contributed by atoms with Gasteiger partial charge in [-0.1, -0.05) is 48.5 Å². The van der Waals surface area contributed by atoms with E-state index in [1.54, 1.807) is 6.92 Å². The van der Waals surface area contributed by atoms with Gasteiger partial charge in [0.05, 0.1) is 0 Å². The highest BCUT2D eigenvalue weighted by Crippen LogP contribution is 2.44. The summed E-state index contributed by atoms with van der Waals surface area (Å²) in [5.41, 5.74) is 4.59. The van der Waals surface area contributed by atoms with E-state index >= 15 is 0 Å². The molecule has 2 aliphatic carbocycles. The predicted molar refractivity (Wildman–Crippen MR) is 124 cm³/mol. The molecule has 7 heteroatoms. The molecular formula is C26H30N2O5. The second kappa shape index (κ2) is 10.1. The third-order valence-electron chi connectivity index (χ3n) is 6.75. The number of carboxylic acids is 1. The summed E-state index contributed by atoms with van der Waals surface area (Å²) in [6.45, 7) is 2.31. The summed E-state index contributed by atoms with van der Waals surface area (Å²) < 4.78 is 5.50. The molecule has 33 heavy (non-hydrogen) atoms. The molecule has 7 nitrogen and oxygen atoms in total. The van der Waals surface area contributed by atoms with Crippen molar-refractivity contribution in [3.05, 3.63) is 59.7 Å². The number of fused-ring (bicyclic) bond motifs is 3. The summed E-state index contributed by atoms with van der Waals surface area (Å²) in [4.78, 5) is 35.6. The molecule has 1 saturated carbocycles. The summed E-state index contributed by atoms with van der Waals surface area (Å²) in [5.74, 6) is -0.620. The van der Waals surface area contributed by atoms with Crippen LogP contribution >= 0.6 is 0 Å². The van der Waals surface area contributed by atoms with Crippen LogP contribution in [0.5, 0.6) is 0 Å². The molecule has 2 amide bonds. The largest absolute Gasteiger partial charge is 0.481 e. The van der Waals surface area contributed by atoms with E-state index in [4.69, 9.17) is 9.84 Å². The van der Waals surface area contributed by atoms with E-state index in [0.717, 1.165) is 41.5 Å². The molecule has 0 bridgehead atoms. The van der Waals surface area contributed by atoms with Crippen molar-refractivity contribution in [3.63, 3.8) is 0 Å². The second-order valence-corrected chi connectivity index (χ2v) is 9.08. The molecule has 2 aromatic rings. The number of amides is 2. The maximum absolute atomic E-state index is 12.4. The fourth-order valence-corrected chi connectivity index (χ4v) is 5.08. The lowest BCUT2D eigenvalue weighted by Crippen LogP contribution is -2.46. The third kappa shape index (κ3) is 5.35. The Hall–Kier alpha value is -3.35. The first-order valence-corrected chi connectivity index (χ1v) is 11.5. The molecule has 4 rings (SSSR count). The van der Waals surface area contributed by atoms with Crippen molar-refractivity contribution in [2.24, 2.45) is 11.8 Å². The number of hydrogen-bond acceptors (Lipinski definition) is 4. The SMILES string of the molecule is CC(NC(=O)OCC1c2ccccc2-c2ccccc21)C(=O)NCC1CCC(CC(=O)O)C1. The van der Waals surface area contributed by atoms with E-state index in [0.29, 0.717) is 6.54 Å². The van der Waals surface area contributed by atoms with Crippen molar-refractivity contribution in [1.29, 1.82) is 0 Å². The number of hydrogen-bond donors (Lipinski definition) is 3. The first-order valence-electron chi connectivity index (χ1n) is 11.5. The van der Waals surface area contributed by atoms with E-state index in [2.05, 4.69) is 34.9 Å². The molecule has 174 valence electrons. The molecule has 3 N–H and O–H groups in total. The Bertz CT molecular complexity index is 991. The smallest absolute Gasteiger partial charge is 0.407 e. The monoisotopic (exact) mass is 450 g/mol. The topological polar surface area (TPSA) is 105 Å². The van der Waals surface area contributed by atoms with E-state index in [-0.39, 0.29) is 36.7 Å². The minimum Gasteiger partial charge on any atom is -0.481 e. The van der Waals surface area contributed by atoms with E-state index < -0.39 is 18.1 Å². The van der Waals surface area contributed by atoms with Gasteiger partial charge in [0.1, 0.15) is 12.6 Å². The molecule has 2 aromatic carbocycles. The molecule has 0 saturated heterocycles. The van der Waals surface area contributed by atoms with Gasteiger partial charge in [0.15, 0.2) is 0 Å². The number of carboxylic acid groups (broad SMARTS) is 1. The van der Waals surface area contributed by atoms with Gasteiger partial charge in [-0.3, -0.25) is 9.59 Å². The fraction of sp³-hybridized carbons (Fsp3) is 0.423. The van der Waals surface area contributed by atoms with Crippen molar-refractivity contribution in [2.75, 3.05) is 13.2 Å². The molecule has 3 atom stereocenters. The molecule has 0 heterocycles. The van der Waals surface area contributed by atoms with Crippen LogP contribution in [-0.2, 0) is 14.3 Å². The van der Waals surface area contributed by atoms with Gasteiger partial charge in [-0.15, -0.1) is 0 Å². The second-order valence-electron chi connectivity index (χ2n) is 9.08. The highest BCUT2D eigenvalue weighted by Gasteiger charge is 2.30.